The molecule has 2 aromatic carbocycles. The van der Waals surface area contributed by atoms with E-state index in [9.17, 15) is 4.79 Å². The average molecular weight is 365 g/mol. The van der Waals surface area contributed by atoms with Crippen molar-refractivity contribution in [3.05, 3.63) is 58.6 Å². The van der Waals surface area contributed by atoms with Gasteiger partial charge in [0.1, 0.15) is 0 Å². The number of nitrogens with one attached hydrogen (secondary N) is 2. The van der Waals surface area contributed by atoms with E-state index in [1.165, 1.54) is 0 Å². The first kappa shape index (κ1) is 16.2. The van der Waals surface area contributed by atoms with Crippen LogP contribution >= 0.6 is 15.9 Å². The van der Waals surface area contributed by atoms with Crippen molar-refractivity contribution in [1.82, 2.24) is 10.6 Å². The number of carbonyl (C=O) groups is 1. The van der Waals surface area contributed by atoms with Crippen LogP contribution in [0.4, 0.5) is 4.79 Å². The summed E-state index contributed by atoms with van der Waals surface area (Å²) in [5.41, 5.74) is 1.01. The van der Waals surface area contributed by atoms with Crippen LogP contribution in [0.2, 0.25) is 0 Å². The van der Waals surface area contributed by atoms with Crippen LogP contribution < -0.4 is 20.1 Å². The van der Waals surface area contributed by atoms with Crippen molar-refractivity contribution in [1.29, 1.82) is 0 Å². The molecule has 0 fully saturated rings. The normalized spacial score (nSPS) is 9.91. The lowest BCUT2D eigenvalue weighted by Crippen LogP contribution is -2.37. The van der Waals surface area contributed by atoms with E-state index in [0.717, 1.165) is 10.0 Å². The Morgan fingerprint density at radius 2 is 1.86 bits per heavy atom. The number of methoxy groups -OCH3 is 1. The summed E-state index contributed by atoms with van der Waals surface area (Å²) in [5.74, 6) is 1.20. The van der Waals surface area contributed by atoms with Crippen molar-refractivity contribution in [2.45, 2.75) is 6.54 Å². The summed E-state index contributed by atoms with van der Waals surface area (Å²) in [7, 11) is 1.57. The molecule has 0 saturated carbocycles. The summed E-state index contributed by atoms with van der Waals surface area (Å²) < 4.78 is 11.6. The molecule has 2 N–H and O–H groups in total. The minimum atomic E-state index is -0.296. The fourth-order valence-corrected chi connectivity index (χ4v) is 2.26. The van der Waals surface area contributed by atoms with Crippen molar-refractivity contribution < 1.29 is 14.3 Å². The zero-order valence-electron chi connectivity index (χ0n) is 12.1. The number of halogens is 1. The average Bonchev–Trinajstić information content (AvgIpc) is 2.53. The van der Waals surface area contributed by atoms with Gasteiger partial charge in [0.2, 0.25) is 0 Å². The van der Waals surface area contributed by atoms with Crippen LogP contribution in [-0.2, 0) is 6.54 Å². The molecule has 0 unspecified atom stereocenters. The highest BCUT2D eigenvalue weighted by molar-refractivity contribution is 9.10. The van der Waals surface area contributed by atoms with E-state index in [1.54, 1.807) is 19.2 Å². The third-order valence-electron chi connectivity index (χ3n) is 2.87. The Bertz CT molecular complexity index is 634. The summed E-state index contributed by atoms with van der Waals surface area (Å²) in [6.45, 7) is 0.505. The zero-order valence-corrected chi connectivity index (χ0v) is 13.7. The lowest BCUT2D eigenvalue weighted by Gasteiger charge is -2.11. The standard InChI is InChI=1S/C16H17BrN2O3/c1-21-14-7-2-3-8-15(14)22-11-19-16(20)18-10-12-5-4-6-13(17)9-12/h2-9H,10-11H2,1H3,(H2,18,19,20). The minimum Gasteiger partial charge on any atom is -0.493 e. The molecule has 22 heavy (non-hydrogen) atoms. The van der Waals surface area contributed by atoms with Gasteiger partial charge < -0.3 is 20.1 Å². The van der Waals surface area contributed by atoms with E-state index >= 15 is 0 Å². The smallest absolute Gasteiger partial charge is 0.317 e. The first-order chi connectivity index (χ1) is 10.7. The molecule has 0 bridgehead atoms. The number of benzene rings is 2. The lowest BCUT2D eigenvalue weighted by molar-refractivity contribution is 0.221. The second-order valence-corrected chi connectivity index (χ2v) is 5.34. The summed E-state index contributed by atoms with van der Waals surface area (Å²) in [5, 5.41) is 5.39. The highest BCUT2D eigenvalue weighted by atomic mass is 79.9. The molecule has 2 aromatic rings. The molecule has 0 spiro atoms. The third-order valence-corrected chi connectivity index (χ3v) is 3.36. The van der Waals surface area contributed by atoms with Crippen LogP contribution in [0.3, 0.4) is 0 Å². The largest absolute Gasteiger partial charge is 0.493 e. The van der Waals surface area contributed by atoms with Gasteiger partial charge in [-0.15, -0.1) is 0 Å². The van der Waals surface area contributed by atoms with Crippen LogP contribution in [0.5, 0.6) is 11.5 Å². The monoisotopic (exact) mass is 364 g/mol. The highest BCUT2D eigenvalue weighted by Crippen LogP contribution is 2.25. The molecule has 0 aromatic heterocycles. The summed E-state index contributed by atoms with van der Waals surface area (Å²) in [6, 6.07) is 14.7. The van der Waals surface area contributed by atoms with Gasteiger partial charge in [0.05, 0.1) is 7.11 Å². The van der Waals surface area contributed by atoms with Crippen molar-refractivity contribution in [3.63, 3.8) is 0 Å². The number of rotatable bonds is 6. The Kier molecular flexibility index (Phi) is 6.09. The molecule has 5 nitrogen and oxygen atoms in total. The second kappa shape index (κ2) is 8.29. The van der Waals surface area contributed by atoms with E-state index < -0.39 is 0 Å². The number of para-hydroxylation sites is 2. The van der Waals surface area contributed by atoms with Crippen LogP contribution in [0.15, 0.2) is 53.0 Å². The molecule has 116 valence electrons. The zero-order chi connectivity index (χ0) is 15.8. The van der Waals surface area contributed by atoms with Gasteiger partial charge in [-0.3, -0.25) is 0 Å². The lowest BCUT2D eigenvalue weighted by atomic mass is 10.2. The van der Waals surface area contributed by atoms with E-state index in [4.69, 9.17) is 9.47 Å². The van der Waals surface area contributed by atoms with Crippen LogP contribution in [0.25, 0.3) is 0 Å². The fourth-order valence-electron chi connectivity index (χ4n) is 1.81. The summed E-state index contributed by atoms with van der Waals surface area (Å²) >= 11 is 3.39. The van der Waals surface area contributed by atoms with Crippen molar-refractivity contribution in [3.8, 4) is 11.5 Å². The molecule has 6 heteroatoms. The predicted octanol–water partition coefficient (Wildman–Crippen LogP) is 3.29. The van der Waals surface area contributed by atoms with Gasteiger partial charge >= 0.3 is 6.03 Å². The molecule has 0 aliphatic heterocycles. The minimum absolute atomic E-state index is 0.0602. The van der Waals surface area contributed by atoms with E-state index in [1.807, 2.05) is 36.4 Å². The maximum Gasteiger partial charge on any atom is 0.317 e. The van der Waals surface area contributed by atoms with E-state index in [2.05, 4.69) is 26.6 Å². The first-order valence-electron chi connectivity index (χ1n) is 6.71. The SMILES string of the molecule is COc1ccccc1OCNC(=O)NCc1cccc(Br)c1. The Morgan fingerprint density at radius 3 is 2.59 bits per heavy atom. The van der Waals surface area contributed by atoms with E-state index in [0.29, 0.717) is 18.0 Å². The Labute approximate surface area is 137 Å². The number of urea groups is 1. The molecule has 0 aliphatic rings. The van der Waals surface area contributed by atoms with Gasteiger partial charge in [-0.2, -0.15) is 0 Å². The van der Waals surface area contributed by atoms with Crippen molar-refractivity contribution in [2.75, 3.05) is 13.8 Å². The Hall–Kier alpha value is -2.21. The molecule has 2 amide bonds. The van der Waals surface area contributed by atoms with Crippen molar-refractivity contribution in [2.24, 2.45) is 0 Å². The summed E-state index contributed by atoms with van der Waals surface area (Å²) in [4.78, 5) is 11.7. The molecule has 0 saturated heterocycles. The second-order valence-electron chi connectivity index (χ2n) is 4.43. The Morgan fingerprint density at radius 1 is 1.09 bits per heavy atom. The molecule has 2 rings (SSSR count). The summed E-state index contributed by atoms with van der Waals surface area (Å²) in [6.07, 6.45) is 0. The van der Waals surface area contributed by atoms with Gasteiger partial charge in [-0.05, 0) is 29.8 Å². The van der Waals surface area contributed by atoms with E-state index in [-0.39, 0.29) is 12.8 Å². The number of carbonyl (C=O) groups excluding carboxylic acids is 1. The molecule has 0 aliphatic carbocycles. The van der Waals surface area contributed by atoms with Gasteiger partial charge in [0, 0.05) is 11.0 Å². The van der Waals surface area contributed by atoms with Crippen molar-refractivity contribution >= 4 is 22.0 Å². The third kappa shape index (κ3) is 4.96. The first-order valence-corrected chi connectivity index (χ1v) is 7.50. The maximum atomic E-state index is 11.7. The Balaban J connectivity index is 1.74. The molecular formula is C16H17BrN2O3. The molecule has 0 atom stereocenters. The molecule has 0 radical (unpaired) electrons. The van der Waals surface area contributed by atoms with Crippen LogP contribution in [-0.4, -0.2) is 19.9 Å². The predicted molar refractivity (Wildman–Crippen MR) is 88.0 cm³/mol. The quantitative estimate of drug-likeness (QED) is 0.773. The van der Waals surface area contributed by atoms with Crippen LogP contribution in [0.1, 0.15) is 5.56 Å². The van der Waals surface area contributed by atoms with Gasteiger partial charge in [-0.1, -0.05) is 40.2 Å². The fraction of sp³-hybridized carbons (Fsp3) is 0.188. The molecule has 0 heterocycles. The van der Waals surface area contributed by atoms with Crippen LogP contribution in [0, 0.1) is 0 Å². The van der Waals surface area contributed by atoms with Gasteiger partial charge in [-0.25, -0.2) is 4.79 Å². The molecular weight excluding hydrogens is 348 g/mol. The number of hydrogen-bond donors (Lipinski definition) is 2. The van der Waals surface area contributed by atoms with Gasteiger partial charge in [0.25, 0.3) is 0 Å². The number of amides is 2. The number of hydrogen-bond acceptors (Lipinski definition) is 3. The maximum absolute atomic E-state index is 11.7. The number of ether oxygens (including phenoxy) is 2. The van der Waals surface area contributed by atoms with Gasteiger partial charge in [0.15, 0.2) is 18.2 Å². The topological polar surface area (TPSA) is 59.6 Å². The highest BCUT2D eigenvalue weighted by Gasteiger charge is 2.04.